The number of hydrogen-bond acceptors (Lipinski definition) is 0. The highest BCUT2D eigenvalue weighted by Gasteiger charge is 1.99. The molecule has 0 aromatic heterocycles. The maximum Gasteiger partial charge on any atom is -0.0316 e. The Balaban J connectivity index is -0.0000000375. The first-order valence-corrected chi connectivity index (χ1v) is 48.2. The molecule has 0 N–H and O–H groups in total. The van der Waals surface area contributed by atoms with Gasteiger partial charge in [-0.2, -0.15) is 0 Å². The highest BCUT2D eigenvalue weighted by molar-refractivity contribution is 4.93. The molecule has 0 bridgehead atoms. The zero-order valence-corrected chi connectivity index (χ0v) is 81.1. The van der Waals surface area contributed by atoms with E-state index in [1.54, 1.807) is 0 Å². The standard InChI is InChI=1S/C8H16.C8H14.C7H14.C7H12.C6H12.C6H10.C5H10.C5H8.C4H8.C4H6.20C2H6/c2*1-2-4-6-8-7-5-3-1;2*1-2-4-6-7-5-3-1;2*1-2-4-6-5-3-1;2*1-2-4-5-3-1;2*1-2-4-3-1;20*1-2/h1-8H2;1-2H,3-8H2;1-7H2;1-2H,3-7H2;1-6H2;1-2H,3-6H2;1-5H2;1-2H,3-5H2;1-4H2;1-2H,3-4H2;20*1-2H3. The lowest BCUT2D eigenvalue weighted by Gasteiger charge is -2.05. The van der Waals surface area contributed by atoms with Crippen LogP contribution in [-0.4, -0.2) is 0 Å². The number of hydrogen-bond donors (Lipinski definition) is 0. The molecule has 10 aliphatic carbocycles. The summed E-state index contributed by atoms with van der Waals surface area (Å²) < 4.78 is 0. The van der Waals surface area contributed by atoms with Gasteiger partial charge in [-0.3, -0.25) is 0 Å². The van der Waals surface area contributed by atoms with Crippen LogP contribution in [0, 0.1) is 0 Å². The Labute approximate surface area is 655 Å². The van der Waals surface area contributed by atoms with Gasteiger partial charge >= 0.3 is 0 Å². The lowest BCUT2D eigenvalue weighted by molar-refractivity contribution is 0.504. The molecule has 0 aliphatic heterocycles. The largest absolute Gasteiger partial charge is 0.0885 e. The summed E-state index contributed by atoms with van der Waals surface area (Å²) in [5.74, 6) is 0. The number of allylic oxidation sites excluding steroid dienone is 10. The second-order valence-electron chi connectivity index (χ2n) is 19.4. The van der Waals surface area contributed by atoms with E-state index in [9.17, 15) is 0 Å². The SMILES string of the molecule is C1=CCC1.C1=CCCC1.C1=CCCCC1.C1=CCCCCC1.C1=CCCCCCC1.C1CCC1.C1CCCC1.C1CCCCC1.C1CCCCCC1.C1CCCCCCC1.CC.CC.CC.CC.CC.CC.CC.CC.CC.CC.CC.CC.CC.CC.CC.CC.CC.CC.CC.CC. The van der Waals surface area contributed by atoms with Crippen molar-refractivity contribution in [3.63, 3.8) is 0 Å². The Morgan fingerprint density at radius 2 is 0.120 bits per heavy atom. The minimum absolute atomic E-state index is 1.32. The fourth-order valence-electron chi connectivity index (χ4n) is 8.41. The summed E-state index contributed by atoms with van der Waals surface area (Å²) in [5.41, 5.74) is 0. The summed E-state index contributed by atoms with van der Waals surface area (Å²) in [4.78, 5) is 0. The average Bonchev–Trinajstić information content (AvgIpc) is 4.59. The van der Waals surface area contributed by atoms with Crippen molar-refractivity contribution in [3.05, 3.63) is 60.8 Å². The van der Waals surface area contributed by atoms with Crippen molar-refractivity contribution < 1.29 is 0 Å². The smallest absolute Gasteiger partial charge is 0.0316 e. The van der Waals surface area contributed by atoms with Gasteiger partial charge in [-0.1, -0.05) is 550 Å². The zero-order valence-electron chi connectivity index (χ0n) is 81.1. The van der Waals surface area contributed by atoms with Gasteiger partial charge in [-0.05, 0) is 109 Å². The van der Waals surface area contributed by atoms with Crippen molar-refractivity contribution in [3.8, 4) is 0 Å². The minimum atomic E-state index is 1.32. The van der Waals surface area contributed by atoms with Crippen molar-refractivity contribution in [2.45, 2.75) is 598 Å². The van der Waals surface area contributed by atoms with Gasteiger partial charge in [0.25, 0.3) is 0 Å². The van der Waals surface area contributed by atoms with Gasteiger partial charge in [0, 0.05) is 0 Å². The van der Waals surface area contributed by atoms with Crippen molar-refractivity contribution in [2.24, 2.45) is 0 Å². The van der Waals surface area contributed by atoms with Crippen LogP contribution in [0.1, 0.15) is 598 Å². The van der Waals surface area contributed by atoms with Crippen LogP contribution in [0.25, 0.3) is 0 Å². The Morgan fingerprint density at radius 1 is 0.0700 bits per heavy atom. The highest BCUT2D eigenvalue weighted by Crippen LogP contribution is 2.18. The van der Waals surface area contributed by atoms with Crippen LogP contribution in [0.5, 0.6) is 0 Å². The quantitative estimate of drug-likeness (QED) is 0.168. The van der Waals surface area contributed by atoms with Crippen LogP contribution in [0.15, 0.2) is 60.8 Å². The second kappa shape index (κ2) is 265. The molecule has 10 rings (SSSR count). The first-order valence-electron chi connectivity index (χ1n) is 48.2. The molecule has 0 heteroatoms. The van der Waals surface area contributed by atoms with Crippen LogP contribution >= 0.6 is 0 Å². The third-order valence-electron chi connectivity index (χ3n) is 13.3. The third kappa shape index (κ3) is 257. The predicted molar refractivity (Wildman–Crippen MR) is 504 cm³/mol. The normalized spacial score (nSPS) is 14.8. The maximum absolute atomic E-state index is 2.32. The van der Waals surface area contributed by atoms with Gasteiger partial charge < -0.3 is 0 Å². The lowest BCUT2D eigenvalue weighted by atomic mass is 10.0. The van der Waals surface area contributed by atoms with Crippen LogP contribution < -0.4 is 0 Å². The topological polar surface area (TPSA) is 0 Å². The monoisotopic (exact) mass is 1430 g/mol. The molecule has 100 heavy (non-hydrogen) atoms. The summed E-state index contributed by atoms with van der Waals surface area (Å²) in [6, 6.07) is 0. The summed E-state index contributed by atoms with van der Waals surface area (Å²) in [6.45, 7) is 80.0. The molecule has 0 aromatic carbocycles. The van der Waals surface area contributed by atoms with Gasteiger partial charge in [0.1, 0.15) is 0 Å². The molecular formula is C100H230. The zero-order chi connectivity index (χ0) is 82.4. The van der Waals surface area contributed by atoms with E-state index >= 15 is 0 Å². The van der Waals surface area contributed by atoms with E-state index in [-0.39, 0.29) is 0 Å². The van der Waals surface area contributed by atoms with Crippen molar-refractivity contribution in [1.82, 2.24) is 0 Å². The Hall–Kier alpha value is -1.30. The second-order valence-corrected chi connectivity index (χ2v) is 19.4. The first kappa shape index (κ1) is 152. The van der Waals surface area contributed by atoms with E-state index in [1.165, 1.54) is 321 Å². The van der Waals surface area contributed by atoms with Crippen molar-refractivity contribution >= 4 is 0 Å². The summed E-state index contributed by atoms with van der Waals surface area (Å²) in [5, 5.41) is 0. The Kier molecular flexibility index (Phi) is 403. The maximum atomic E-state index is 2.32. The molecule has 0 amide bonds. The van der Waals surface area contributed by atoms with Crippen LogP contribution in [0.4, 0.5) is 0 Å². The third-order valence-corrected chi connectivity index (χ3v) is 13.3. The van der Waals surface area contributed by atoms with Gasteiger partial charge in [0.05, 0.1) is 0 Å². The molecule has 630 valence electrons. The van der Waals surface area contributed by atoms with Crippen molar-refractivity contribution in [2.75, 3.05) is 0 Å². The van der Waals surface area contributed by atoms with Crippen LogP contribution in [0.3, 0.4) is 0 Å². The van der Waals surface area contributed by atoms with E-state index in [0.29, 0.717) is 0 Å². The van der Waals surface area contributed by atoms with E-state index in [4.69, 9.17) is 0 Å². The molecule has 0 atom stereocenters. The van der Waals surface area contributed by atoms with E-state index < -0.39 is 0 Å². The molecule has 5 saturated carbocycles. The molecule has 5 fully saturated rings. The molecule has 0 radical (unpaired) electrons. The van der Waals surface area contributed by atoms with Crippen molar-refractivity contribution in [1.29, 1.82) is 0 Å². The fraction of sp³-hybridized carbons (Fsp3) is 0.900. The summed E-state index contributed by atoms with van der Waals surface area (Å²) in [6.07, 6.45) is 95.0. The molecular weight excluding hydrogens is 1200 g/mol. The van der Waals surface area contributed by atoms with Gasteiger partial charge in [-0.25, -0.2) is 0 Å². The van der Waals surface area contributed by atoms with Gasteiger partial charge in [0.15, 0.2) is 0 Å². The Morgan fingerprint density at radius 3 is 0.190 bits per heavy atom. The molecule has 0 unspecified atom stereocenters. The molecule has 0 nitrogen and oxygen atoms in total. The van der Waals surface area contributed by atoms with Crippen LogP contribution in [0.2, 0.25) is 0 Å². The lowest BCUT2D eigenvalue weighted by Crippen LogP contribution is -1.85. The Bertz CT molecular complexity index is 798. The van der Waals surface area contributed by atoms with Crippen LogP contribution in [-0.2, 0) is 0 Å². The van der Waals surface area contributed by atoms with E-state index in [1.807, 2.05) is 277 Å². The first-order chi connectivity index (χ1) is 50.0. The number of rotatable bonds is 0. The fourth-order valence-corrected chi connectivity index (χ4v) is 8.41. The minimum Gasteiger partial charge on any atom is -0.0885 e. The highest BCUT2D eigenvalue weighted by atomic mass is 14.0. The molecule has 10 aliphatic rings. The van der Waals surface area contributed by atoms with E-state index in [2.05, 4.69) is 60.8 Å². The summed E-state index contributed by atoms with van der Waals surface area (Å²) in [7, 11) is 0. The molecule has 0 heterocycles. The predicted octanol–water partition coefficient (Wildman–Crippen LogP) is 42.8. The van der Waals surface area contributed by atoms with Gasteiger partial charge in [-0.15, -0.1) is 0 Å². The summed E-state index contributed by atoms with van der Waals surface area (Å²) >= 11 is 0. The average molecular weight is 1430 g/mol. The molecule has 0 spiro atoms. The molecule has 0 aromatic rings. The van der Waals surface area contributed by atoms with E-state index in [0.717, 1.165) is 0 Å². The van der Waals surface area contributed by atoms with Gasteiger partial charge in [0.2, 0.25) is 0 Å². The molecule has 0 saturated heterocycles.